The molecule has 0 saturated carbocycles. The van der Waals surface area contributed by atoms with Crippen LogP contribution in [0.3, 0.4) is 0 Å². The van der Waals surface area contributed by atoms with Crippen LogP contribution >= 0.6 is 11.8 Å². The van der Waals surface area contributed by atoms with Crippen molar-refractivity contribution in [1.82, 2.24) is 4.98 Å². The fourth-order valence-electron chi connectivity index (χ4n) is 1.30. The molecule has 3 nitrogen and oxygen atoms in total. The predicted octanol–water partition coefficient (Wildman–Crippen LogP) is 3.47. The van der Waals surface area contributed by atoms with Gasteiger partial charge in [0.05, 0.1) is 11.6 Å². The smallest absolute Gasteiger partial charge is 0.220 e. The highest BCUT2D eigenvalue weighted by Crippen LogP contribution is 2.23. The van der Waals surface area contributed by atoms with Crippen LogP contribution in [-0.2, 0) is 0 Å². The molecule has 2 aromatic rings. The summed E-state index contributed by atoms with van der Waals surface area (Å²) in [7, 11) is 0. The van der Waals surface area contributed by atoms with Crippen molar-refractivity contribution < 1.29 is 4.74 Å². The zero-order chi connectivity index (χ0) is 12.1. The van der Waals surface area contributed by atoms with Gasteiger partial charge >= 0.3 is 0 Å². The van der Waals surface area contributed by atoms with Crippen molar-refractivity contribution in [2.75, 3.05) is 6.26 Å². The molecule has 4 heteroatoms. The second-order valence-corrected chi connectivity index (χ2v) is 4.15. The Morgan fingerprint density at radius 1 is 1.24 bits per heavy atom. The molecular formula is C13H10N2OS. The van der Waals surface area contributed by atoms with Crippen molar-refractivity contribution in [3.63, 3.8) is 0 Å². The van der Waals surface area contributed by atoms with E-state index in [0.29, 0.717) is 17.2 Å². The maximum atomic E-state index is 8.76. The van der Waals surface area contributed by atoms with Crippen LogP contribution in [0.4, 0.5) is 0 Å². The maximum Gasteiger partial charge on any atom is 0.220 e. The Kier molecular flexibility index (Phi) is 3.63. The number of pyridine rings is 1. The Hall–Kier alpha value is -1.99. The van der Waals surface area contributed by atoms with E-state index in [4.69, 9.17) is 10.00 Å². The third kappa shape index (κ3) is 2.99. The van der Waals surface area contributed by atoms with Crippen LogP contribution in [0.2, 0.25) is 0 Å². The van der Waals surface area contributed by atoms with E-state index in [1.807, 2.05) is 36.6 Å². The molecule has 0 aliphatic heterocycles. The molecule has 0 fully saturated rings. The highest BCUT2D eigenvalue weighted by Gasteiger charge is 2.00. The van der Waals surface area contributed by atoms with Crippen molar-refractivity contribution in [3.05, 3.63) is 48.2 Å². The molecule has 0 spiro atoms. The number of hydrogen-bond donors (Lipinski definition) is 0. The fourth-order valence-corrected chi connectivity index (χ4v) is 1.71. The van der Waals surface area contributed by atoms with Crippen LogP contribution in [0.5, 0.6) is 11.6 Å². The van der Waals surface area contributed by atoms with Crippen LogP contribution in [-0.4, -0.2) is 11.2 Å². The highest BCUT2D eigenvalue weighted by atomic mass is 32.2. The van der Waals surface area contributed by atoms with E-state index >= 15 is 0 Å². The Labute approximate surface area is 104 Å². The molecule has 2 rings (SSSR count). The standard InChI is InChI=1S/C13H10N2OS/c1-17-12-4-2-11(3-5-12)16-13-8-10(9-14)6-7-15-13/h2-8H,1H3. The third-order valence-corrected chi connectivity index (χ3v) is 2.89. The van der Waals surface area contributed by atoms with Crippen LogP contribution in [0, 0.1) is 11.3 Å². The number of thioether (sulfide) groups is 1. The molecule has 0 amide bonds. The lowest BCUT2D eigenvalue weighted by molar-refractivity contribution is 0.462. The molecule has 0 N–H and O–H groups in total. The monoisotopic (exact) mass is 242 g/mol. The number of nitriles is 1. The van der Waals surface area contributed by atoms with Crippen molar-refractivity contribution in [2.24, 2.45) is 0 Å². The first-order valence-corrected chi connectivity index (χ1v) is 6.22. The molecule has 0 atom stereocenters. The van der Waals surface area contributed by atoms with Crippen molar-refractivity contribution in [1.29, 1.82) is 5.26 Å². The molecular weight excluding hydrogens is 232 g/mol. The van der Waals surface area contributed by atoms with Crippen molar-refractivity contribution in [2.45, 2.75) is 4.90 Å². The summed E-state index contributed by atoms with van der Waals surface area (Å²) < 4.78 is 5.55. The maximum absolute atomic E-state index is 8.76. The van der Waals surface area contributed by atoms with Gasteiger partial charge in [-0.15, -0.1) is 11.8 Å². The Balaban J connectivity index is 2.16. The number of nitrogens with zero attached hydrogens (tertiary/aromatic N) is 2. The Morgan fingerprint density at radius 2 is 2.00 bits per heavy atom. The summed E-state index contributed by atoms with van der Waals surface area (Å²) in [6.07, 6.45) is 3.58. The summed E-state index contributed by atoms with van der Waals surface area (Å²) in [5.41, 5.74) is 0.538. The SMILES string of the molecule is CSc1ccc(Oc2cc(C#N)ccn2)cc1. The molecule has 0 aliphatic carbocycles. The zero-order valence-corrected chi connectivity index (χ0v) is 10.1. The molecule has 0 radical (unpaired) electrons. The van der Waals surface area contributed by atoms with Gasteiger partial charge in [-0.3, -0.25) is 0 Å². The summed E-state index contributed by atoms with van der Waals surface area (Å²) in [5.74, 6) is 1.14. The first kappa shape index (κ1) is 11.5. The largest absolute Gasteiger partial charge is 0.439 e. The lowest BCUT2D eigenvalue weighted by Crippen LogP contribution is -1.88. The quantitative estimate of drug-likeness (QED) is 0.773. The van der Waals surface area contributed by atoms with Gasteiger partial charge in [0.15, 0.2) is 0 Å². The van der Waals surface area contributed by atoms with E-state index in [0.717, 1.165) is 0 Å². The molecule has 1 heterocycles. The Bertz CT molecular complexity index is 546. The van der Waals surface area contributed by atoms with Gasteiger partial charge < -0.3 is 4.74 Å². The number of hydrogen-bond acceptors (Lipinski definition) is 4. The van der Waals surface area contributed by atoms with Gasteiger partial charge in [0.25, 0.3) is 0 Å². The molecule has 0 bridgehead atoms. The summed E-state index contributed by atoms with van der Waals surface area (Å²) >= 11 is 1.68. The fraction of sp³-hybridized carbons (Fsp3) is 0.0769. The number of aromatic nitrogens is 1. The van der Waals surface area contributed by atoms with E-state index in [1.54, 1.807) is 30.1 Å². The number of ether oxygens (including phenoxy) is 1. The minimum absolute atomic E-state index is 0.431. The zero-order valence-electron chi connectivity index (χ0n) is 9.25. The van der Waals surface area contributed by atoms with Crippen LogP contribution in [0.1, 0.15) is 5.56 Å². The molecule has 0 unspecified atom stereocenters. The van der Waals surface area contributed by atoms with E-state index in [9.17, 15) is 0 Å². The Morgan fingerprint density at radius 3 is 2.65 bits per heavy atom. The summed E-state index contributed by atoms with van der Waals surface area (Å²) in [5, 5.41) is 8.76. The minimum atomic E-state index is 0.431. The average molecular weight is 242 g/mol. The minimum Gasteiger partial charge on any atom is -0.439 e. The van der Waals surface area contributed by atoms with E-state index in [-0.39, 0.29) is 0 Å². The van der Waals surface area contributed by atoms with E-state index < -0.39 is 0 Å². The predicted molar refractivity (Wildman–Crippen MR) is 67.2 cm³/mol. The van der Waals surface area contributed by atoms with Gasteiger partial charge in [-0.25, -0.2) is 4.98 Å². The lowest BCUT2D eigenvalue weighted by atomic mass is 10.3. The second-order valence-electron chi connectivity index (χ2n) is 3.27. The first-order chi connectivity index (χ1) is 8.31. The van der Waals surface area contributed by atoms with E-state index in [1.165, 1.54) is 4.90 Å². The average Bonchev–Trinajstić information content (AvgIpc) is 2.40. The summed E-state index contributed by atoms with van der Waals surface area (Å²) in [4.78, 5) is 5.22. The molecule has 0 saturated heterocycles. The van der Waals surface area contributed by atoms with Crippen LogP contribution < -0.4 is 4.74 Å². The van der Waals surface area contributed by atoms with Gasteiger partial charge in [-0.05, 0) is 36.6 Å². The molecule has 1 aromatic carbocycles. The molecule has 17 heavy (non-hydrogen) atoms. The van der Waals surface area contributed by atoms with Crippen molar-refractivity contribution in [3.8, 4) is 17.7 Å². The summed E-state index contributed by atoms with van der Waals surface area (Å²) in [6.45, 7) is 0. The third-order valence-electron chi connectivity index (χ3n) is 2.15. The summed E-state index contributed by atoms with van der Waals surface area (Å²) in [6, 6.07) is 13.0. The van der Waals surface area contributed by atoms with Gasteiger partial charge in [0, 0.05) is 17.2 Å². The van der Waals surface area contributed by atoms with Crippen LogP contribution in [0.15, 0.2) is 47.5 Å². The lowest BCUT2D eigenvalue weighted by Gasteiger charge is -2.05. The van der Waals surface area contributed by atoms with Gasteiger partial charge in [0.2, 0.25) is 5.88 Å². The highest BCUT2D eigenvalue weighted by molar-refractivity contribution is 7.98. The van der Waals surface area contributed by atoms with Gasteiger partial charge in [-0.1, -0.05) is 0 Å². The molecule has 84 valence electrons. The topological polar surface area (TPSA) is 45.9 Å². The number of benzene rings is 1. The first-order valence-electron chi connectivity index (χ1n) is 5.00. The van der Waals surface area contributed by atoms with Crippen LogP contribution in [0.25, 0.3) is 0 Å². The van der Waals surface area contributed by atoms with Crippen molar-refractivity contribution >= 4 is 11.8 Å². The number of rotatable bonds is 3. The van der Waals surface area contributed by atoms with Gasteiger partial charge in [0.1, 0.15) is 5.75 Å². The van der Waals surface area contributed by atoms with Gasteiger partial charge in [-0.2, -0.15) is 5.26 Å². The normalized spacial score (nSPS) is 9.65. The molecule has 0 aliphatic rings. The second kappa shape index (κ2) is 5.37. The van der Waals surface area contributed by atoms with E-state index in [2.05, 4.69) is 4.98 Å². The molecule has 1 aromatic heterocycles.